The number of benzene rings is 2. The monoisotopic (exact) mass is 339 g/mol. The molecular formula is C20H25N3O2. The quantitative estimate of drug-likeness (QED) is 0.840. The van der Waals surface area contributed by atoms with Gasteiger partial charge in [-0.3, -0.25) is 4.79 Å². The van der Waals surface area contributed by atoms with Gasteiger partial charge in [0, 0.05) is 11.4 Å². The molecule has 3 N–H and O–H groups in total. The fraction of sp³-hybridized carbons (Fsp3) is 0.350. The molecule has 0 fully saturated rings. The average molecular weight is 339 g/mol. The highest BCUT2D eigenvalue weighted by Gasteiger charge is 2.32. The molecule has 0 saturated heterocycles. The summed E-state index contributed by atoms with van der Waals surface area (Å²) in [5.74, 6) is 0.695. The maximum absolute atomic E-state index is 12.6. The molecule has 5 heteroatoms. The summed E-state index contributed by atoms with van der Waals surface area (Å²) in [6.45, 7) is 8.93. The zero-order chi connectivity index (χ0) is 18.2. The third-order valence-corrected chi connectivity index (χ3v) is 4.12. The Labute approximate surface area is 148 Å². The maximum atomic E-state index is 12.6. The Morgan fingerprint density at radius 1 is 1.20 bits per heavy atom. The first-order valence-corrected chi connectivity index (χ1v) is 8.43. The first kappa shape index (κ1) is 17.1. The smallest absolute Gasteiger partial charge is 0.243 e. The highest BCUT2D eigenvalue weighted by Crippen LogP contribution is 2.38. The molecule has 0 radical (unpaired) electrons. The predicted octanol–water partition coefficient (Wildman–Crippen LogP) is 3.50. The topological polar surface area (TPSA) is 67.6 Å². The van der Waals surface area contributed by atoms with E-state index in [1.165, 1.54) is 0 Å². The van der Waals surface area contributed by atoms with Crippen LogP contribution < -0.4 is 20.7 Å². The molecule has 1 aliphatic heterocycles. The predicted molar refractivity (Wildman–Crippen MR) is 102 cm³/mol. The van der Waals surface area contributed by atoms with E-state index in [1.54, 1.807) is 0 Å². The van der Waals surface area contributed by atoms with Crippen LogP contribution in [0.15, 0.2) is 36.4 Å². The Kier molecular flexibility index (Phi) is 4.33. The number of carbonyl (C=O) groups is 1. The molecule has 1 heterocycles. The number of nitrogen functional groups attached to an aromatic ring is 1. The number of aryl methyl sites for hydroxylation is 2. The molecule has 0 aromatic heterocycles. The SMILES string of the molecule is Cc1cc(C)cc(NC(=O)CN2CC(C)(C)Oc3ccc(N)cc32)c1. The van der Waals surface area contributed by atoms with Gasteiger partial charge in [-0.25, -0.2) is 0 Å². The van der Waals surface area contributed by atoms with Crippen molar-refractivity contribution in [2.45, 2.75) is 33.3 Å². The highest BCUT2D eigenvalue weighted by atomic mass is 16.5. The van der Waals surface area contributed by atoms with Crippen molar-refractivity contribution in [3.8, 4) is 5.75 Å². The third-order valence-electron chi connectivity index (χ3n) is 4.12. The number of fused-ring (bicyclic) bond motifs is 1. The number of carbonyl (C=O) groups excluding carboxylic acids is 1. The van der Waals surface area contributed by atoms with Crippen LogP contribution >= 0.6 is 0 Å². The fourth-order valence-corrected chi connectivity index (χ4v) is 3.30. The van der Waals surface area contributed by atoms with Crippen molar-refractivity contribution in [3.63, 3.8) is 0 Å². The van der Waals surface area contributed by atoms with Crippen molar-refractivity contribution < 1.29 is 9.53 Å². The lowest BCUT2D eigenvalue weighted by molar-refractivity contribution is -0.115. The van der Waals surface area contributed by atoms with Gasteiger partial charge in [0.05, 0.1) is 18.8 Å². The number of anilines is 3. The number of ether oxygens (including phenoxy) is 1. The van der Waals surface area contributed by atoms with Gasteiger partial charge < -0.3 is 20.7 Å². The molecule has 3 rings (SSSR count). The van der Waals surface area contributed by atoms with Crippen molar-refractivity contribution in [3.05, 3.63) is 47.5 Å². The molecule has 5 nitrogen and oxygen atoms in total. The number of hydrogen-bond donors (Lipinski definition) is 2. The summed E-state index contributed by atoms with van der Waals surface area (Å²) in [5.41, 5.74) is 10.1. The highest BCUT2D eigenvalue weighted by molar-refractivity contribution is 5.94. The van der Waals surface area contributed by atoms with Crippen molar-refractivity contribution in [1.29, 1.82) is 0 Å². The van der Waals surface area contributed by atoms with Crippen LogP contribution in [0.1, 0.15) is 25.0 Å². The van der Waals surface area contributed by atoms with Gasteiger partial charge in [0.25, 0.3) is 0 Å². The van der Waals surface area contributed by atoms with E-state index in [0.717, 1.165) is 28.3 Å². The third kappa shape index (κ3) is 4.05. The minimum absolute atomic E-state index is 0.0592. The van der Waals surface area contributed by atoms with Gasteiger partial charge >= 0.3 is 0 Å². The van der Waals surface area contributed by atoms with Gasteiger partial charge in [-0.2, -0.15) is 0 Å². The molecule has 0 unspecified atom stereocenters. The summed E-state index contributed by atoms with van der Waals surface area (Å²) in [7, 11) is 0. The van der Waals surface area contributed by atoms with Crippen molar-refractivity contribution in [1.82, 2.24) is 0 Å². The van der Waals surface area contributed by atoms with E-state index >= 15 is 0 Å². The first-order valence-electron chi connectivity index (χ1n) is 8.43. The van der Waals surface area contributed by atoms with E-state index in [2.05, 4.69) is 11.4 Å². The zero-order valence-electron chi connectivity index (χ0n) is 15.2. The van der Waals surface area contributed by atoms with E-state index in [4.69, 9.17) is 10.5 Å². The van der Waals surface area contributed by atoms with Crippen LogP contribution in [0.2, 0.25) is 0 Å². The van der Waals surface area contributed by atoms with Gasteiger partial charge in [0.2, 0.25) is 5.91 Å². The minimum atomic E-state index is -0.372. The number of rotatable bonds is 3. The molecule has 132 valence electrons. The molecular weight excluding hydrogens is 314 g/mol. The Hall–Kier alpha value is -2.69. The average Bonchev–Trinajstić information content (AvgIpc) is 2.46. The molecule has 0 aliphatic carbocycles. The lowest BCUT2D eigenvalue weighted by Gasteiger charge is -2.40. The minimum Gasteiger partial charge on any atom is -0.484 e. The van der Waals surface area contributed by atoms with Crippen LogP contribution in [-0.2, 0) is 4.79 Å². The number of nitrogens with zero attached hydrogens (tertiary/aromatic N) is 1. The Balaban J connectivity index is 1.79. The number of nitrogens with one attached hydrogen (secondary N) is 1. The summed E-state index contributed by atoms with van der Waals surface area (Å²) in [6, 6.07) is 11.6. The second-order valence-electron chi connectivity index (χ2n) is 7.37. The largest absolute Gasteiger partial charge is 0.484 e. The zero-order valence-corrected chi connectivity index (χ0v) is 15.2. The van der Waals surface area contributed by atoms with Crippen LogP contribution in [0.3, 0.4) is 0 Å². The van der Waals surface area contributed by atoms with E-state index in [9.17, 15) is 4.79 Å². The van der Waals surface area contributed by atoms with E-state index in [1.807, 2.05) is 62.9 Å². The van der Waals surface area contributed by atoms with Crippen LogP contribution in [0.25, 0.3) is 0 Å². The van der Waals surface area contributed by atoms with Gasteiger partial charge in [-0.1, -0.05) is 6.07 Å². The van der Waals surface area contributed by atoms with Crippen LogP contribution in [-0.4, -0.2) is 24.6 Å². The molecule has 1 aliphatic rings. The second kappa shape index (κ2) is 6.31. The van der Waals surface area contributed by atoms with Crippen LogP contribution in [0.5, 0.6) is 5.75 Å². The van der Waals surface area contributed by atoms with Crippen LogP contribution in [0.4, 0.5) is 17.1 Å². The molecule has 0 bridgehead atoms. The van der Waals surface area contributed by atoms with E-state index in [0.29, 0.717) is 12.2 Å². The molecule has 2 aromatic carbocycles. The van der Waals surface area contributed by atoms with Gasteiger partial charge in [0.1, 0.15) is 11.4 Å². The summed E-state index contributed by atoms with van der Waals surface area (Å²) in [6.07, 6.45) is 0. The van der Waals surface area contributed by atoms with Gasteiger partial charge in [0.15, 0.2) is 0 Å². The van der Waals surface area contributed by atoms with E-state index < -0.39 is 0 Å². The van der Waals surface area contributed by atoms with Crippen LogP contribution in [0, 0.1) is 13.8 Å². The van der Waals surface area contributed by atoms with Crippen molar-refractivity contribution in [2.24, 2.45) is 0 Å². The Morgan fingerprint density at radius 3 is 2.56 bits per heavy atom. The summed E-state index contributed by atoms with van der Waals surface area (Å²) >= 11 is 0. The normalized spacial score (nSPS) is 15.3. The summed E-state index contributed by atoms with van der Waals surface area (Å²) < 4.78 is 6.01. The standard InChI is InChI=1S/C20H25N3O2/c1-13-7-14(2)9-16(8-13)22-19(24)11-23-12-20(3,4)25-18-6-5-15(21)10-17(18)23/h5-10H,11-12,21H2,1-4H3,(H,22,24). The van der Waals surface area contributed by atoms with Crippen molar-refractivity contribution >= 4 is 23.0 Å². The molecule has 25 heavy (non-hydrogen) atoms. The van der Waals surface area contributed by atoms with E-state index in [-0.39, 0.29) is 18.1 Å². The van der Waals surface area contributed by atoms with Gasteiger partial charge in [-0.15, -0.1) is 0 Å². The summed E-state index contributed by atoms with van der Waals surface area (Å²) in [4.78, 5) is 14.6. The lowest BCUT2D eigenvalue weighted by atomic mass is 10.0. The Bertz CT molecular complexity index is 794. The maximum Gasteiger partial charge on any atom is 0.243 e. The number of hydrogen-bond acceptors (Lipinski definition) is 4. The number of nitrogens with two attached hydrogens (primary N) is 1. The first-order chi connectivity index (χ1) is 11.7. The molecule has 0 saturated carbocycles. The summed E-state index contributed by atoms with van der Waals surface area (Å²) in [5, 5.41) is 2.99. The van der Waals surface area contributed by atoms with Crippen molar-refractivity contribution in [2.75, 3.05) is 29.0 Å². The molecule has 1 amide bonds. The Morgan fingerprint density at radius 2 is 1.88 bits per heavy atom. The molecule has 0 atom stereocenters. The lowest BCUT2D eigenvalue weighted by Crippen LogP contribution is -2.49. The van der Waals surface area contributed by atoms with Gasteiger partial charge in [-0.05, 0) is 69.2 Å². The fourth-order valence-electron chi connectivity index (χ4n) is 3.30. The molecule has 0 spiro atoms. The second-order valence-corrected chi connectivity index (χ2v) is 7.37. The number of amides is 1. The molecule has 2 aromatic rings.